The highest BCUT2D eigenvalue weighted by Crippen LogP contribution is 2.31. The number of nitrogens with zero attached hydrogens (tertiary/aromatic N) is 1. The van der Waals surface area contributed by atoms with E-state index in [-0.39, 0.29) is 10.6 Å². The quantitative estimate of drug-likeness (QED) is 0.236. The van der Waals surface area contributed by atoms with E-state index in [0.29, 0.717) is 26.4 Å². The number of ether oxygens (including phenoxy) is 1. The minimum atomic E-state index is -4.01. The van der Waals surface area contributed by atoms with E-state index in [2.05, 4.69) is 22.0 Å². The molecule has 0 fully saturated rings. The number of halogens is 2. The molecular weight excluding hydrogens is 490 g/mol. The van der Waals surface area contributed by atoms with Gasteiger partial charge in [0.2, 0.25) is 0 Å². The van der Waals surface area contributed by atoms with E-state index in [4.69, 9.17) is 20.5 Å². The SMILES string of the molecule is COc1ccc(/C(C#N)=C/c2ccc(OS(=O)(=O)c3ccc(Cl)cc3)c(Br)c2)cc1. The van der Waals surface area contributed by atoms with Crippen LogP contribution < -0.4 is 8.92 Å². The third-order valence-electron chi connectivity index (χ3n) is 4.09. The van der Waals surface area contributed by atoms with Crippen molar-refractivity contribution in [3.8, 4) is 17.6 Å². The topological polar surface area (TPSA) is 76.4 Å². The minimum Gasteiger partial charge on any atom is -0.497 e. The van der Waals surface area contributed by atoms with Crippen molar-refractivity contribution in [2.24, 2.45) is 0 Å². The lowest BCUT2D eigenvalue weighted by Gasteiger charge is -2.09. The van der Waals surface area contributed by atoms with E-state index < -0.39 is 10.1 Å². The molecule has 5 nitrogen and oxygen atoms in total. The summed E-state index contributed by atoms with van der Waals surface area (Å²) in [6.07, 6.45) is 1.70. The summed E-state index contributed by atoms with van der Waals surface area (Å²) in [7, 11) is -2.44. The van der Waals surface area contributed by atoms with Gasteiger partial charge in [-0.25, -0.2) is 0 Å². The van der Waals surface area contributed by atoms with Gasteiger partial charge in [-0.05, 0) is 93.8 Å². The summed E-state index contributed by atoms with van der Waals surface area (Å²) in [6, 6.07) is 19.9. The Morgan fingerprint density at radius 2 is 1.73 bits per heavy atom. The molecular formula is C22H15BrClNO4S. The van der Waals surface area contributed by atoms with Gasteiger partial charge in [0.05, 0.1) is 23.2 Å². The average molecular weight is 505 g/mol. The number of hydrogen-bond acceptors (Lipinski definition) is 5. The third-order valence-corrected chi connectivity index (χ3v) is 6.21. The van der Waals surface area contributed by atoms with Gasteiger partial charge in [-0.15, -0.1) is 0 Å². The predicted molar refractivity (Wildman–Crippen MR) is 120 cm³/mol. The zero-order chi connectivity index (χ0) is 21.7. The van der Waals surface area contributed by atoms with Gasteiger partial charge in [0.1, 0.15) is 10.6 Å². The van der Waals surface area contributed by atoms with Gasteiger partial charge in [-0.1, -0.05) is 17.7 Å². The number of methoxy groups -OCH3 is 1. The average Bonchev–Trinajstić information content (AvgIpc) is 2.74. The van der Waals surface area contributed by atoms with E-state index in [1.165, 1.54) is 30.3 Å². The van der Waals surface area contributed by atoms with E-state index in [0.717, 1.165) is 5.56 Å². The van der Waals surface area contributed by atoms with Crippen LogP contribution in [0.4, 0.5) is 0 Å². The second-order valence-electron chi connectivity index (χ2n) is 6.08. The van der Waals surface area contributed by atoms with Gasteiger partial charge in [0, 0.05) is 5.02 Å². The summed E-state index contributed by atoms with van der Waals surface area (Å²) >= 11 is 9.13. The van der Waals surface area contributed by atoms with Crippen molar-refractivity contribution in [2.75, 3.05) is 7.11 Å². The van der Waals surface area contributed by atoms with Crippen molar-refractivity contribution >= 4 is 49.3 Å². The molecule has 3 aromatic carbocycles. The lowest BCUT2D eigenvalue weighted by atomic mass is 10.0. The Kier molecular flexibility index (Phi) is 6.83. The first kappa shape index (κ1) is 21.9. The largest absolute Gasteiger partial charge is 0.497 e. The Balaban J connectivity index is 1.86. The molecule has 0 aliphatic heterocycles. The molecule has 0 amide bonds. The van der Waals surface area contributed by atoms with Crippen LogP contribution in [0.15, 0.2) is 76.1 Å². The van der Waals surface area contributed by atoms with Crippen LogP contribution in [0, 0.1) is 11.3 Å². The molecule has 0 bridgehead atoms. The van der Waals surface area contributed by atoms with Crippen LogP contribution in [0.3, 0.4) is 0 Å². The third kappa shape index (κ3) is 5.22. The number of benzene rings is 3. The molecule has 0 N–H and O–H groups in total. The van der Waals surface area contributed by atoms with Crippen LogP contribution in [0.1, 0.15) is 11.1 Å². The van der Waals surface area contributed by atoms with Gasteiger partial charge in [0.25, 0.3) is 0 Å². The number of allylic oxidation sites excluding steroid dienone is 1. The van der Waals surface area contributed by atoms with Crippen LogP contribution in [-0.4, -0.2) is 15.5 Å². The minimum absolute atomic E-state index is 0.00551. The van der Waals surface area contributed by atoms with Crippen LogP contribution in [0.2, 0.25) is 5.02 Å². The van der Waals surface area contributed by atoms with Crippen molar-refractivity contribution in [2.45, 2.75) is 4.90 Å². The normalized spacial score (nSPS) is 11.6. The number of nitriles is 1. The van der Waals surface area contributed by atoms with Gasteiger partial charge in [-0.3, -0.25) is 0 Å². The van der Waals surface area contributed by atoms with Crippen molar-refractivity contribution in [1.82, 2.24) is 0 Å². The van der Waals surface area contributed by atoms with Gasteiger partial charge >= 0.3 is 10.1 Å². The van der Waals surface area contributed by atoms with Gasteiger partial charge in [-0.2, -0.15) is 13.7 Å². The molecule has 0 spiro atoms. The Morgan fingerprint density at radius 1 is 1.07 bits per heavy atom. The molecule has 0 aromatic heterocycles. The molecule has 0 atom stereocenters. The maximum Gasteiger partial charge on any atom is 0.339 e. The molecule has 0 unspecified atom stereocenters. The van der Waals surface area contributed by atoms with Crippen LogP contribution in [0.5, 0.6) is 11.5 Å². The summed E-state index contributed by atoms with van der Waals surface area (Å²) in [6.45, 7) is 0. The highest BCUT2D eigenvalue weighted by molar-refractivity contribution is 9.10. The first-order valence-corrected chi connectivity index (χ1v) is 11.2. The first-order chi connectivity index (χ1) is 14.3. The molecule has 3 rings (SSSR count). The van der Waals surface area contributed by atoms with E-state index in [9.17, 15) is 13.7 Å². The van der Waals surface area contributed by atoms with Gasteiger partial charge < -0.3 is 8.92 Å². The fourth-order valence-corrected chi connectivity index (χ4v) is 4.22. The lowest BCUT2D eigenvalue weighted by molar-refractivity contribution is 0.415. The van der Waals surface area contributed by atoms with Crippen molar-refractivity contribution < 1.29 is 17.3 Å². The van der Waals surface area contributed by atoms with Crippen LogP contribution in [0.25, 0.3) is 11.6 Å². The van der Waals surface area contributed by atoms with E-state index >= 15 is 0 Å². The fraction of sp³-hybridized carbons (Fsp3) is 0.0455. The lowest BCUT2D eigenvalue weighted by Crippen LogP contribution is -2.10. The molecule has 0 radical (unpaired) electrons. The highest BCUT2D eigenvalue weighted by Gasteiger charge is 2.18. The zero-order valence-corrected chi connectivity index (χ0v) is 18.8. The molecule has 0 saturated carbocycles. The summed E-state index contributed by atoms with van der Waals surface area (Å²) in [5.74, 6) is 0.826. The molecule has 3 aromatic rings. The monoisotopic (exact) mass is 503 g/mol. The van der Waals surface area contributed by atoms with Gasteiger partial charge in [0.15, 0.2) is 5.75 Å². The molecule has 152 valence electrons. The van der Waals surface area contributed by atoms with Crippen molar-refractivity contribution in [3.05, 3.63) is 87.4 Å². The number of hydrogen-bond donors (Lipinski definition) is 0. The molecule has 8 heteroatoms. The van der Waals surface area contributed by atoms with E-state index in [1.807, 2.05) is 0 Å². The van der Waals surface area contributed by atoms with Crippen LogP contribution in [-0.2, 0) is 10.1 Å². The summed E-state index contributed by atoms with van der Waals surface area (Å²) in [5.41, 5.74) is 1.89. The smallest absolute Gasteiger partial charge is 0.339 e. The maximum absolute atomic E-state index is 12.5. The van der Waals surface area contributed by atoms with Crippen LogP contribution >= 0.6 is 27.5 Å². The van der Waals surface area contributed by atoms with Crippen molar-refractivity contribution in [1.29, 1.82) is 5.26 Å². The molecule has 0 saturated heterocycles. The number of rotatable bonds is 6. The Labute approximate surface area is 188 Å². The Hall–Kier alpha value is -2.79. The first-order valence-electron chi connectivity index (χ1n) is 8.58. The van der Waals surface area contributed by atoms with Crippen molar-refractivity contribution in [3.63, 3.8) is 0 Å². The molecule has 30 heavy (non-hydrogen) atoms. The molecule has 0 heterocycles. The Bertz CT molecular complexity index is 1230. The second kappa shape index (κ2) is 9.35. The molecule has 0 aliphatic carbocycles. The second-order valence-corrected chi connectivity index (χ2v) is 8.92. The predicted octanol–water partition coefficient (Wildman–Crippen LogP) is 5.94. The molecule has 0 aliphatic rings. The zero-order valence-electron chi connectivity index (χ0n) is 15.7. The Morgan fingerprint density at radius 3 is 2.30 bits per heavy atom. The fourth-order valence-electron chi connectivity index (χ4n) is 2.56. The maximum atomic E-state index is 12.5. The highest BCUT2D eigenvalue weighted by atomic mass is 79.9. The summed E-state index contributed by atoms with van der Waals surface area (Å²) in [5, 5.41) is 9.94. The standard InChI is InChI=1S/C22H15BrClNO4S/c1-28-19-7-3-16(4-8-19)17(14-25)12-15-2-11-22(21(23)13-15)29-30(26,27)20-9-5-18(24)6-10-20/h2-13H,1H3/b17-12+. The summed E-state index contributed by atoms with van der Waals surface area (Å²) in [4.78, 5) is -0.00551. The van der Waals surface area contributed by atoms with E-state index in [1.54, 1.807) is 49.6 Å². The summed E-state index contributed by atoms with van der Waals surface area (Å²) < 4.78 is 35.7.